The zero-order valence-corrected chi connectivity index (χ0v) is 12.6. The molecular weight excluding hydrogens is 286 g/mol. The molecule has 1 aromatic carbocycles. The van der Waals surface area contributed by atoms with Crippen LogP contribution in [0, 0.1) is 6.92 Å². The summed E-state index contributed by atoms with van der Waals surface area (Å²) in [6, 6.07) is 6.77. The van der Waals surface area contributed by atoms with Gasteiger partial charge in [0.05, 0.1) is 10.3 Å². The molecule has 1 aromatic rings. The Balaban J connectivity index is 2.25. The van der Waals surface area contributed by atoms with E-state index in [0.717, 1.165) is 18.4 Å². The van der Waals surface area contributed by atoms with Gasteiger partial charge < -0.3 is 4.74 Å². The van der Waals surface area contributed by atoms with Crippen LogP contribution in [0.5, 0.6) is 0 Å². The predicted molar refractivity (Wildman–Crippen MR) is 74.7 cm³/mol. The van der Waals surface area contributed by atoms with E-state index in [0.29, 0.717) is 6.61 Å². The van der Waals surface area contributed by atoms with E-state index in [1.54, 1.807) is 24.3 Å². The molecule has 6 heteroatoms. The van der Waals surface area contributed by atoms with Gasteiger partial charge in [0.15, 0.2) is 0 Å². The second-order valence-electron chi connectivity index (χ2n) is 4.75. The highest BCUT2D eigenvalue weighted by molar-refractivity contribution is 7.89. The minimum atomic E-state index is -3.56. The normalized spacial score (nSPS) is 24.6. The first-order valence-electron chi connectivity index (χ1n) is 6.23. The van der Waals surface area contributed by atoms with E-state index < -0.39 is 16.3 Å². The van der Waals surface area contributed by atoms with Gasteiger partial charge in [-0.15, -0.1) is 11.6 Å². The summed E-state index contributed by atoms with van der Waals surface area (Å²) in [5.74, 6) is 0. The Morgan fingerprint density at radius 1 is 1.32 bits per heavy atom. The van der Waals surface area contributed by atoms with Gasteiger partial charge in [-0.25, -0.2) is 8.42 Å². The van der Waals surface area contributed by atoms with Crippen LogP contribution in [-0.2, 0) is 14.8 Å². The van der Waals surface area contributed by atoms with E-state index in [1.807, 2.05) is 6.92 Å². The van der Waals surface area contributed by atoms with Crippen LogP contribution in [0.15, 0.2) is 29.2 Å². The van der Waals surface area contributed by atoms with Crippen LogP contribution < -0.4 is 0 Å². The van der Waals surface area contributed by atoms with Crippen molar-refractivity contribution in [3.63, 3.8) is 0 Å². The molecule has 2 atom stereocenters. The van der Waals surface area contributed by atoms with Crippen molar-refractivity contribution >= 4 is 21.6 Å². The third kappa shape index (κ3) is 3.11. The average Bonchev–Trinajstić information content (AvgIpc) is 2.39. The van der Waals surface area contributed by atoms with Crippen molar-refractivity contribution in [2.24, 2.45) is 0 Å². The molecule has 1 aliphatic rings. The van der Waals surface area contributed by atoms with Crippen LogP contribution in [-0.4, -0.2) is 38.0 Å². The van der Waals surface area contributed by atoms with Crippen LogP contribution in [0.3, 0.4) is 0 Å². The second-order valence-corrected chi connectivity index (χ2v) is 7.31. The van der Waals surface area contributed by atoms with E-state index in [2.05, 4.69) is 0 Å². The molecule has 0 amide bonds. The Bertz CT molecular complexity index is 529. The van der Waals surface area contributed by atoms with Gasteiger partial charge >= 0.3 is 0 Å². The Kier molecular flexibility index (Phi) is 4.50. The van der Waals surface area contributed by atoms with Gasteiger partial charge in [-0.3, -0.25) is 0 Å². The predicted octanol–water partition coefficient (Wildman–Crippen LogP) is 2.36. The SMILES string of the molecule is Cc1ccc(S(=O)(=O)N(C)[C@@H]2OCCC[C@H]2Cl)cc1. The fourth-order valence-corrected chi connectivity index (χ4v) is 3.83. The highest BCUT2D eigenvalue weighted by atomic mass is 35.5. The lowest BCUT2D eigenvalue weighted by Gasteiger charge is -2.33. The topological polar surface area (TPSA) is 46.6 Å². The largest absolute Gasteiger partial charge is 0.361 e. The first kappa shape index (κ1) is 14.8. The highest BCUT2D eigenvalue weighted by Gasteiger charge is 2.35. The number of nitrogens with zero attached hydrogens (tertiary/aromatic N) is 1. The molecule has 1 aliphatic heterocycles. The second kappa shape index (κ2) is 5.79. The molecule has 1 saturated heterocycles. The Morgan fingerprint density at radius 3 is 2.53 bits per heavy atom. The molecule has 0 aromatic heterocycles. The Labute approximate surface area is 119 Å². The number of hydrogen-bond acceptors (Lipinski definition) is 3. The molecule has 19 heavy (non-hydrogen) atoms. The lowest BCUT2D eigenvalue weighted by molar-refractivity contribution is -0.0380. The van der Waals surface area contributed by atoms with Crippen molar-refractivity contribution in [1.29, 1.82) is 0 Å². The van der Waals surface area contributed by atoms with Crippen LogP contribution >= 0.6 is 11.6 Å². The van der Waals surface area contributed by atoms with Gasteiger partial charge in [0.1, 0.15) is 6.23 Å². The highest BCUT2D eigenvalue weighted by Crippen LogP contribution is 2.26. The Hall–Kier alpha value is -0.620. The summed E-state index contributed by atoms with van der Waals surface area (Å²) in [6.45, 7) is 2.46. The molecule has 4 nitrogen and oxygen atoms in total. The van der Waals surface area contributed by atoms with Crippen molar-refractivity contribution in [2.45, 2.75) is 36.3 Å². The number of ether oxygens (including phenoxy) is 1. The van der Waals surface area contributed by atoms with Gasteiger partial charge in [-0.2, -0.15) is 4.31 Å². The van der Waals surface area contributed by atoms with Gasteiger partial charge in [-0.1, -0.05) is 17.7 Å². The molecule has 1 heterocycles. The molecule has 106 valence electrons. The van der Waals surface area contributed by atoms with Crippen molar-refractivity contribution < 1.29 is 13.2 Å². The summed E-state index contributed by atoms with van der Waals surface area (Å²) in [7, 11) is -2.05. The van der Waals surface area contributed by atoms with E-state index >= 15 is 0 Å². The summed E-state index contributed by atoms with van der Waals surface area (Å²) in [5.41, 5.74) is 1.02. The van der Waals surface area contributed by atoms with Crippen molar-refractivity contribution in [3.8, 4) is 0 Å². The lowest BCUT2D eigenvalue weighted by atomic mass is 10.2. The number of sulfonamides is 1. The van der Waals surface area contributed by atoms with Crippen LogP contribution in [0.4, 0.5) is 0 Å². The lowest BCUT2D eigenvalue weighted by Crippen LogP contribution is -2.46. The van der Waals surface area contributed by atoms with Crippen LogP contribution in [0.25, 0.3) is 0 Å². The number of aryl methyl sites for hydroxylation is 1. The van der Waals surface area contributed by atoms with E-state index in [9.17, 15) is 8.42 Å². The van der Waals surface area contributed by atoms with Crippen LogP contribution in [0.1, 0.15) is 18.4 Å². The van der Waals surface area contributed by atoms with Gasteiger partial charge in [0.25, 0.3) is 0 Å². The maximum absolute atomic E-state index is 12.5. The van der Waals surface area contributed by atoms with Gasteiger partial charge in [0.2, 0.25) is 10.0 Å². The van der Waals surface area contributed by atoms with Crippen molar-refractivity contribution in [1.82, 2.24) is 4.31 Å². The number of halogens is 1. The summed E-state index contributed by atoms with van der Waals surface area (Å²) in [4.78, 5) is 0.263. The van der Waals surface area contributed by atoms with Crippen molar-refractivity contribution in [3.05, 3.63) is 29.8 Å². The number of rotatable bonds is 3. The molecule has 0 unspecified atom stereocenters. The van der Waals surface area contributed by atoms with Crippen molar-refractivity contribution in [2.75, 3.05) is 13.7 Å². The molecule has 0 N–H and O–H groups in total. The maximum atomic E-state index is 12.5. The number of benzene rings is 1. The summed E-state index contributed by atoms with van der Waals surface area (Å²) >= 11 is 6.17. The summed E-state index contributed by atoms with van der Waals surface area (Å²) < 4.78 is 31.7. The minimum Gasteiger partial charge on any atom is -0.361 e. The average molecular weight is 304 g/mol. The molecule has 0 aliphatic carbocycles. The molecule has 0 spiro atoms. The molecular formula is C13H18ClNO3S. The Morgan fingerprint density at radius 2 is 1.95 bits per heavy atom. The quantitative estimate of drug-likeness (QED) is 0.805. The summed E-state index contributed by atoms with van der Waals surface area (Å²) in [6.07, 6.45) is 1.03. The number of alkyl halides is 1. The molecule has 2 rings (SSSR count). The molecule has 0 radical (unpaired) electrons. The summed E-state index contributed by atoms with van der Waals surface area (Å²) in [5, 5.41) is -0.307. The first-order chi connectivity index (χ1) is 8.93. The molecule has 1 fully saturated rings. The molecule has 0 bridgehead atoms. The standard InChI is InChI=1S/C13H18ClNO3S/c1-10-5-7-11(8-6-10)19(16,17)15(2)13-12(14)4-3-9-18-13/h5-8,12-13H,3-4,9H2,1-2H3/t12-,13-/m1/s1. The first-order valence-corrected chi connectivity index (χ1v) is 8.11. The zero-order chi connectivity index (χ0) is 14.0. The maximum Gasteiger partial charge on any atom is 0.245 e. The van der Waals surface area contributed by atoms with E-state index in [-0.39, 0.29) is 10.3 Å². The smallest absolute Gasteiger partial charge is 0.245 e. The minimum absolute atomic E-state index is 0.263. The van der Waals surface area contributed by atoms with Crippen LogP contribution in [0.2, 0.25) is 0 Å². The fourth-order valence-electron chi connectivity index (χ4n) is 2.08. The van der Waals surface area contributed by atoms with Gasteiger partial charge in [-0.05, 0) is 31.9 Å². The third-order valence-corrected chi connectivity index (χ3v) is 5.55. The fraction of sp³-hybridized carbons (Fsp3) is 0.538. The monoisotopic (exact) mass is 303 g/mol. The zero-order valence-electron chi connectivity index (χ0n) is 11.0. The number of hydrogen-bond donors (Lipinski definition) is 0. The molecule has 0 saturated carbocycles. The van der Waals surface area contributed by atoms with E-state index in [4.69, 9.17) is 16.3 Å². The third-order valence-electron chi connectivity index (χ3n) is 3.28. The van der Waals surface area contributed by atoms with Gasteiger partial charge in [0, 0.05) is 13.7 Å². The van der Waals surface area contributed by atoms with E-state index in [1.165, 1.54) is 11.4 Å².